The van der Waals surface area contributed by atoms with Crippen molar-refractivity contribution >= 4 is 23.7 Å². The summed E-state index contributed by atoms with van der Waals surface area (Å²) >= 11 is 0. The molecule has 5 nitrogen and oxygen atoms in total. The van der Waals surface area contributed by atoms with Crippen molar-refractivity contribution in [3.63, 3.8) is 0 Å². The Morgan fingerprint density at radius 2 is 1.76 bits per heavy atom. The smallest absolute Gasteiger partial charge is 0.294 e. The minimum Gasteiger partial charge on any atom is -0.449 e. The van der Waals surface area contributed by atoms with Gasteiger partial charge < -0.3 is 14.5 Å². The van der Waals surface area contributed by atoms with Crippen LogP contribution in [0.3, 0.4) is 0 Å². The number of nitrogens with zero attached hydrogens (tertiary/aromatic N) is 3. The number of halogens is 1. The normalized spacial score (nSPS) is 18.0. The highest BCUT2D eigenvalue weighted by Crippen LogP contribution is 2.37. The minimum atomic E-state index is -0.332. The first kappa shape index (κ1) is 24.4. The van der Waals surface area contributed by atoms with Crippen molar-refractivity contribution in [2.45, 2.75) is 32.4 Å². The van der Waals surface area contributed by atoms with E-state index in [4.69, 9.17) is 4.74 Å². The third-order valence-corrected chi connectivity index (χ3v) is 7.54. The van der Waals surface area contributed by atoms with E-state index in [1.165, 1.54) is 50.5 Å². The fourth-order valence-electron chi connectivity index (χ4n) is 5.48. The summed E-state index contributed by atoms with van der Waals surface area (Å²) in [7, 11) is 0. The number of benzene rings is 3. The van der Waals surface area contributed by atoms with Crippen molar-refractivity contribution in [3.05, 3.63) is 107 Å². The summed E-state index contributed by atoms with van der Waals surface area (Å²) < 4.78 is 20.5. The molecule has 1 amide bonds. The number of rotatable bonds is 7. The maximum atomic E-state index is 14.4. The molecule has 3 aromatic rings. The lowest BCUT2D eigenvalue weighted by Crippen LogP contribution is -2.37. The van der Waals surface area contributed by atoms with E-state index in [1.807, 2.05) is 30.3 Å². The zero-order valence-electron chi connectivity index (χ0n) is 21.5. The lowest BCUT2D eigenvalue weighted by molar-refractivity contribution is -0.117. The number of fused-ring (bicyclic) bond motifs is 2. The summed E-state index contributed by atoms with van der Waals surface area (Å²) in [4.78, 5) is 20.0. The van der Waals surface area contributed by atoms with Crippen molar-refractivity contribution in [2.75, 3.05) is 31.1 Å². The van der Waals surface area contributed by atoms with Crippen molar-refractivity contribution in [3.8, 4) is 5.75 Å². The number of amides is 1. The SMILES string of the molecule is O=C1/C(=C/c2ccc3c(c2)C=CN(CCCN2CCCC2)C3)Oc2ccccc2N1Cc1ccccc1F. The van der Waals surface area contributed by atoms with E-state index < -0.39 is 0 Å². The standard InChI is InChI=1S/C32H32FN3O2/c33-28-9-2-1-8-27(28)23-36-29-10-3-4-11-30(29)38-31(32(36)37)21-24-12-13-26-22-35(19-14-25(26)20-24)18-7-17-34-15-5-6-16-34/h1-4,8-14,19-21H,5-7,15-18,22-23H2/b31-21-. The number of carbonyl (C=O) groups excluding carboxylic acids is 1. The topological polar surface area (TPSA) is 36.0 Å². The van der Waals surface area contributed by atoms with Gasteiger partial charge in [0.25, 0.3) is 5.91 Å². The van der Waals surface area contributed by atoms with Gasteiger partial charge >= 0.3 is 0 Å². The van der Waals surface area contributed by atoms with E-state index in [0.717, 1.165) is 24.2 Å². The van der Waals surface area contributed by atoms with Gasteiger partial charge in [-0.1, -0.05) is 42.5 Å². The van der Waals surface area contributed by atoms with Crippen LogP contribution in [0.25, 0.3) is 12.2 Å². The Bertz CT molecular complexity index is 1390. The number of likely N-dealkylation sites (tertiary alicyclic amines) is 1. The van der Waals surface area contributed by atoms with Crippen LogP contribution in [0.1, 0.15) is 41.5 Å². The maximum Gasteiger partial charge on any atom is 0.294 e. The van der Waals surface area contributed by atoms with Crippen LogP contribution in [0.4, 0.5) is 10.1 Å². The molecule has 38 heavy (non-hydrogen) atoms. The molecule has 6 rings (SSSR count). The van der Waals surface area contributed by atoms with E-state index in [9.17, 15) is 9.18 Å². The summed E-state index contributed by atoms with van der Waals surface area (Å²) in [5, 5.41) is 0. The van der Waals surface area contributed by atoms with E-state index in [0.29, 0.717) is 17.0 Å². The van der Waals surface area contributed by atoms with Crippen molar-refractivity contribution in [1.29, 1.82) is 0 Å². The first-order chi connectivity index (χ1) is 18.6. The van der Waals surface area contributed by atoms with Crippen LogP contribution in [0.15, 0.2) is 78.7 Å². The molecule has 0 spiro atoms. The Balaban J connectivity index is 1.19. The van der Waals surface area contributed by atoms with Crippen molar-refractivity contribution < 1.29 is 13.9 Å². The van der Waals surface area contributed by atoms with Crippen molar-refractivity contribution in [2.24, 2.45) is 0 Å². The third-order valence-electron chi connectivity index (χ3n) is 7.54. The van der Waals surface area contributed by atoms with Gasteiger partial charge in [0.1, 0.15) is 5.82 Å². The second-order valence-electron chi connectivity index (χ2n) is 10.2. The fourth-order valence-corrected chi connectivity index (χ4v) is 5.48. The molecule has 0 saturated carbocycles. The first-order valence-electron chi connectivity index (χ1n) is 13.5. The number of hydrogen-bond acceptors (Lipinski definition) is 4. The quantitative estimate of drug-likeness (QED) is 0.363. The molecular weight excluding hydrogens is 477 g/mol. The maximum absolute atomic E-state index is 14.4. The van der Waals surface area contributed by atoms with E-state index in [-0.39, 0.29) is 24.0 Å². The van der Waals surface area contributed by atoms with Gasteiger partial charge in [0, 0.05) is 18.7 Å². The highest BCUT2D eigenvalue weighted by molar-refractivity contribution is 6.09. The van der Waals surface area contributed by atoms with Gasteiger partial charge in [-0.2, -0.15) is 0 Å². The van der Waals surface area contributed by atoms with Crippen LogP contribution < -0.4 is 9.64 Å². The Morgan fingerprint density at radius 3 is 2.63 bits per heavy atom. The van der Waals surface area contributed by atoms with Crippen LogP contribution in [-0.4, -0.2) is 41.9 Å². The molecule has 0 unspecified atom stereocenters. The Labute approximate surface area is 223 Å². The Morgan fingerprint density at radius 1 is 0.947 bits per heavy atom. The second kappa shape index (κ2) is 10.8. The monoisotopic (exact) mass is 509 g/mol. The number of hydrogen-bond donors (Lipinski definition) is 0. The predicted octanol–water partition coefficient (Wildman–Crippen LogP) is 6.06. The van der Waals surface area contributed by atoms with Crippen molar-refractivity contribution in [1.82, 2.24) is 9.80 Å². The summed E-state index contributed by atoms with van der Waals surface area (Å²) in [5.41, 5.74) is 4.42. The minimum absolute atomic E-state index is 0.129. The van der Waals surface area contributed by atoms with Crippen LogP contribution in [0.2, 0.25) is 0 Å². The molecule has 0 N–H and O–H groups in total. The molecule has 0 bridgehead atoms. The van der Waals surface area contributed by atoms with E-state index in [2.05, 4.69) is 34.2 Å². The number of ether oxygens (including phenoxy) is 1. The molecule has 1 saturated heterocycles. The van der Waals surface area contributed by atoms with E-state index in [1.54, 1.807) is 29.2 Å². The molecule has 3 aliphatic rings. The largest absolute Gasteiger partial charge is 0.449 e. The molecule has 0 aromatic heterocycles. The van der Waals surface area contributed by atoms with Gasteiger partial charge in [0.15, 0.2) is 11.5 Å². The highest BCUT2D eigenvalue weighted by Gasteiger charge is 2.30. The fraction of sp³-hybridized carbons (Fsp3) is 0.281. The molecular formula is C32H32FN3O2. The number of para-hydroxylation sites is 2. The third kappa shape index (κ3) is 5.22. The summed E-state index contributed by atoms with van der Waals surface area (Å²) in [6.45, 7) is 5.74. The van der Waals surface area contributed by atoms with Gasteiger partial charge in [-0.3, -0.25) is 9.69 Å². The van der Waals surface area contributed by atoms with Crippen LogP contribution >= 0.6 is 0 Å². The summed E-state index contributed by atoms with van der Waals surface area (Å²) in [6, 6.07) is 20.2. The first-order valence-corrected chi connectivity index (χ1v) is 13.5. The number of carbonyl (C=O) groups is 1. The van der Waals surface area contributed by atoms with Gasteiger partial charge in [0.05, 0.1) is 12.2 Å². The molecule has 3 aliphatic heterocycles. The lowest BCUT2D eigenvalue weighted by atomic mass is 10.00. The molecule has 3 heterocycles. The summed E-state index contributed by atoms with van der Waals surface area (Å²) in [6.07, 6.45) is 9.96. The summed E-state index contributed by atoms with van der Waals surface area (Å²) in [5.74, 6) is 0.186. The zero-order chi connectivity index (χ0) is 25.9. The molecule has 194 valence electrons. The van der Waals surface area contributed by atoms with Crippen LogP contribution in [0, 0.1) is 5.82 Å². The molecule has 0 aliphatic carbocycles. The molecule has 3 aromatic carbocycles. The predicted molar refractivity (Wildman–Crippen MR) is 149 cm³/mol. The van der Waals surface area contributed by atoms with Crippen LogP contribution in [-0.2, 0) is 17.9 Å². The highest BCUT2D eigenvalue weighted by atomic mass is 19.1. The van der Waals surface area contributed by atoms with Gasteiger partial charge in [-0.05, 0) is 98.2 Å². The van der Waals surface area contributed by atoms with Gasteiger partial charge in [0.2, 0.25) is 0 Å². The van der Waals surface area contributed by atoms with Gasteiger partial charge in [-0.25, -0.2) is 4.39 Å². The Hall–Kier alpha value is -3.90. The average Bonchev–Trinajstić information content (AvgIpc) is 3.46. The second-order valence-corrected chi connectivity index (χ2v) is 10.2. The van der Waals surface area contributed by atoms with Crippen LogP contribution in [0.5, 0.6) is 5.75 Å². The average molecular weight is 510 g/mol. The number of anilines is 1. The lowest BCUT2D eigenvalue weighted by Gasteiger charge is -2.30. The molecule has 6 heteroatoms. The van der Waals surface area contributed by atoms with E-state index >= 15 is 0 Å². The zero-order valence-corrected chi connectivity index (χ0v) is 21.5. The Kier molecular flexibility index (Phi) is 6.97. The molecule has 0 atom stereocenters. The van der Waals surface area contributed by atoms with Gasteiger partial charge in [-0.15, -0.1) is 0 Å². The molecule has 1 fully saturated rings. The molecule has 0 radical (unpaired) electrons.